The van der Waals surface area contributed by atoms with Crippen molar-refractivity contribution in [1.82, 2.24) is 35.7 Å². The maximum Gasteiger partial charge on any atom is 0.270 e. The summed E-state index contributed by atoms with van der Waals surface area (Å²) in [5.74, 6) is -0.545. The number of benzene rings is 2. The number of rotatable bonds is 6. The fourth-order valence-electron chi connectivity index (χ4n) is 3.24. The Hall–Kier alpha value is -3.76. The first-order valence-corrected chi connectivity index (χ1v) is 11.3. The van der Waals surface area contributed by atoms with E-state index in [4.69, 9.17) is 23.2 Å². The number of hydrogen-bond acceptors (Lipinski definition) is 6. The van der Waals surface area contributed by atoms with Crippen LogP contribution in [0.15, 0.2) is 48.5 Å². The van der Waals surface area contributed by atoms with E-state index in [0.29, 0.717) is 33.5 Å². The van der Waals surface area contributed by atoms with Gasteiger partial charge in [-0.1, -0.05) is 46.5 Å². The Balaban J connectivity index is 1.60. The van der Waals surface area contributed by atoms with Crippen molar-refractivity contribution in [3.8, 4) is 11.3 Å². The third kappa shape index (κ3) is 6.03. The van der Waals surface area contributed by atoms with Crippen molar-refractivity contribution < 1.29 is 9.59 Å². The zero-order valence-corrected chi connectivity index (χ0v) is 20.6. The number of aromatic amines is 1. The smallest absolute Gasteiger partial charge is 0.270 e. The molecule has 12 heteroatoms. The van der Waals surface area contributed by atoms with Crippen LogP contribution < -0.4 is 10.6 Å². The lowest BCUT2D eigenvalue weighted by atomic mass is 10.1. The third-order valence-electron chi connectivity index (χ3n) is 4.84. The van der Waals surface area contributed by atoms with Crippen molar-refractivity contribution in [3.05, 3.63) is 75.4 Å². The predicted molar refractivity (Wildman–Crippen MR) is 133 cm³/mol. The number of carbonyl (C=O) groups excluding carboxylic acids is 2. The first kappa shape index (κ1) is 24.4. The molecule has 35 heavy (non-hydrogen) atoms. The molecule has 0 aliphatic carbocycles. The molecule has 0 radical (unpaired) electrons. The SMILES string of the molecule is CC(C)(C)NC(=O)c1cc(-c2ccc(Cl)c(Cl)c2)nn1Cc1ccc(C(=O)Nc2nn[nH]n2)cc1. The molecule has 0 aliphatic rings. The highest BCUT2D eigenvalue weighted by molar-refractivity contribution is 6.42. The van der Waals surface area contributed by atoms with E-state index < -0.39 is 5.54 Å². The molecular weight excluding hydrogens is 491 g/mol. The van der Waals surface area contributed by atoms with Crippen LogP contribution in [0, 0.1) is 0 Å². The maximum absolute atomic E-state index is 13.0. The average molecular weight is 513 g/mol. The lowest BCUT2D eigenvalue weighted by Gasteiger charge is -2.20. The summed E-state index contributed by atoms with van der Waals surface area (Å²) in [5.41, 5.74) is 2.54. The van der Waals surface area contributed by atoms with Crippen LogP contribution in [0.4, 0.5) is 5.95 Å². The van der Waals surface area contributed by atoms with Crippen LogP contribution in [0.3, 0.4) is 0 Å². The Labute approximate surface area is 211 Å². The number of H-pyrrole nitrogens is 1. The van der Waals surface area contributed by atoms with Gasteiger partial charge in [0.2, 0.25) is 0 Å². The minimum absolute atomic E-state index is 0.0833. The van der Waals surface area contributed by atoms with Crippen LogP contribution in [0.5, 0.6) is 0 Å². The molecule has 0 fully saturated rings. The number of aromatic nitrogens is 6. The van der Waals surface area contributed by atoms with Crippen molar-refractivity contribution in [2.24, 2.45) is 0 Å². The normalized spacial score (nSPS) is 11.3. The van der Waals surface area contributed by atoms with Crippen LogP contribution >= 0.6 is 23.2 Å². The summed E-state index contributed by atoms with van der Waals surface area (Å²) in [4.78, 5) is 25.4. The lowest BCUT2D eigenvalue weighted by molar-refractivity contribution is 0.0908. The number of carbonyl (C=O) groups is 2. The van der Waals surface area contributed by atoms with Crippen molar-refractivity contribution in [2.75, 3.05) is 5.32 Å². The zero-order chi connectivity index (χ0) is 25.2. The number of nitrogens with one attached hydrogen (secondary N) is 3. The molecule has 4 aromatic rings. The quantitative estimate of drug-likeness (QED) is 0.354. The fourth-order valence-corrected chi connectivity index (χ4v) is 3.54. The molecule has 0 saturated carbocycles. The van der Waals surface area contributed by atoms with Crippen molar-refractivity contribution in [2.45, 2.75) is 32.9 Å². The number of nitrogens with zero attached hydrogens (tertiary/aromatic N) is 5. The third-order valence-corrected chi connectivity index (χ3v) is 5.57. The molecule has 4 rings (SSSR count). The summed E-state index contributed by atoms with van der Waals surface area (Å²) in [5, 5.41) is 24.1. The van der Waals surface area contributed by atoms with Crippen LogP contribution in [0.25, 0.3) is 11.3 Å². The molecule has 3 N–H and O–H groups in total. The van der Waals surface area contributed by atoms with Gasteiger partial charge in [0, 0.05) is 16.7 Å². The van der Waals surface area contributed by atoms with E-state index in [2.05, 4.69) is 36.4 Å². The van der Waals surface area contributed by atoms with Crippen molar-refractivity contribution in [3.63, 3.8) is 0 Å². The molecule has 10 nitrogen and oxygen atoms in total. The molecule has 0 bridgehead atoms. The zero-order valence-electron chi connectivity index (χ0n) is 19.1. The molecule has 2 aromatic carbocycles. The molecule has 0 aliphatic heterocycles. The van der Waals surface area contributed by atoms with E-state index in [1.807, 2.05) is 20.8 Å². The highest BCUT2D eigenvalue weighted by Crippen LogP contribution is 2.28. The summed E-state index contributed by atoms with van der Waals surface area (Å²) >= 11 is 12.2. The van der Waals surface area contributed by atoms with E-state index in [1.165, 1.54) is 0 Å². The Morgan fingerprint density at radius 1 is 1.00 bits per heavy atom. The van der Waals surface area contributed by atoms with E-state index in [-0.39, 0.29) is 17.8 Å². The van der Waals surface area contributed by atoms with E-state index in [9.17, 15) is 9.59 Å². The number of halogens is 2. The van der Waals surface area contributed by atoms with Gasteiger partial charge < -0.3 is 5.32 Å². The molecule has 2 aromatic heterocycles. The second-order valence-electron chi connectivity index (χ2n) is 8.79. The van der Waals surface area contributed by atoms with Gasteiger partial charge in [-0.2, -0.15) is 10.3 Å². The van der Waals surface area contributed by atoms with Crippen LogP contribution in [0.2, 0.25) is 10.0 Å². The van der Waals surface area contributed by atoms with E-state index in [0.717, 1.165) is 11.1 Å². The first-order chi connectivity index (χ1) is 16.6. The van der Waals surface area contributed by atoms with E-state index >= 15 is 0 Å². The van der Waals surface area contributed by atoms with Gasteiger partial charge in [0.1, 0.15) is 5.69 Å². The van der Waals surface area contributed by atoms with Crippen LogP contribution in [-0.2, 0) is 6.54 Å². The Kier molecular flexibility index (Phi) is 6.86. The van der Waals surface area contributed by atoms with Crippen molar-refractivity contribution in [1.29, 1.82) is 0 Å². The van der Waals surface area contributed by atoms with Gasteiger partial charge in [-0.3, -0.25) is 19.6 Å². The van der Waals surface area contributed by atoms with Crippen LogP contribution in [0.1, 0.15) is 47.2 Å². The summed E-state index contributed by atoms with van der Waals surface area (Å²) < 4.78 is 1.62. The monoisotopic (exact) mass is 512 g/mol. The molecule has 0 unspecified atom stereocenters. The number of tetrazole rings is 1. The summed E-state index contributed by atoms with van der Waals surface area (Å²) in [6.07, 6.45) is 0. The summed E-state index contributed by atoms with van der Waals surface area (Å²) in [7, 11) is 0. The molecule has 0 atom stereocenters. The van der Waals surface area contributed by atoms with Gasteiger partial charge in [0.05, 0.1) is 22.3 Å². The van der Waals surface area contributed by atoms with E-state index in [1.54, 1.807) is 53.2 Å². The Morgan fingerprint density at radius 2 is 1.74 bits per heavy atom. The second kappa shape index (κ2) is 9.85. The molecule has 180 valence electrons. The molecule has 0 saturated heterocycles. The minimum atomic E-state index is -0.427. The largest absolute Gasteiger partial charge is 0.346 e. The summed E-state index contributed by atoms with van der Waals surface area (Å²) in [6, 6.07) is 13.8. The fraction of sp³-hybridized carbons (Fsp3) is 0.217. The van der Waals surface area contributed by atoms with Crippen molar-refractivity contribution >= 4 is 41.0 Å². The Bertz CT molecular complexity index is 1360. The number of anilines is 1. The highest BCUT2D eigenvalue weighted by Gasteiger charge is 2.21. The summed E-state index contributed by atoms with van der Waals surface area (Å²) in [6.45, 7) is 6.03. The Morgan fingerprint density at radius 3 is 2.37 bits per heavy atom. The van der Waals surface area contributed by atoms with Crippen LogP contribution in [-0.4, -0.2) is 47.8 Å². The standard InChI is InChI=1S/C23H22Cl2N8O2/c1-23(2,3)27-21(35)19-11-18(15-8-9-16(24)17(25)10-15)30-33(19)12-13-4-6-14(7-5-13)20(34)26-22-28-31-32-29-22/h4-11H,12H2,1-3H3,(H,27,35)(H2,26,28,29,31,32,34). The topological polar surface area (TPSA) is 130 Å². The number of amides is 2. The molecule has 2 amide bonds. The van der Waals surface area contributed by atoms with Gasteiger partial charge in [-0.05, 0) is 61.9 Å². The molecule has 2 heterocycles. The minimum Gasteiger partial charge on any atom is -0.346 e. The highest BCUT2D eigenvalue weighted by atomic mass is 35.5. The predicted octanol–water partition coefficient (Wildman–Crippen LogP) is 4.20. The second-order valence-corrected chi connectivity index (χ2v) is 9.61. The lowest BCUT2D eigenvalue weighted by Crippen LogP contribution is -2.41. The van der Waals surface area contributed by atoms with Gasteiger partial charge in [-0.25, -0.2) is 0 Å². The maximum atomic E-state index is 13.0. The van der Waals surface area contributed by atoms with Gasteiger partial charge in [-0.15, -0.1) is 5.10 Å². The van der Waals surface area contributed by atoms with Gasteiger partial charge in [0.15, 0.2) is 0 Å². The van der Waals surface area contributed by atoms with Gasteiger partial charge >= 0.3 is 0 Å². The molecule has 0 spiro atoms. The van der Waals surface area contributed by atoms with Gasteiger partial charge in [0.25, 0.3) is 17.8 Å². The first-order valence-electron chi connectivity index (χ1n) is 10.6. The average Bonchev–Trinajstić information content (AvgIpc) is 3.45. The number of hydrogen-bond donors (Lipinski definition) is 3. The molecular formula is C23H22Cl2N8O2.